The zero-order valence-electron chi connectivity index (χ0n) is 15.2. The van der Waals surface area contributed by atoms with E-state index in [1.807, 2.05) is 34.9 Å². The second kappa shape index (κ2) is 7.47. The van der Waals surface area contributed by atoms with Gasteiger partial charge in [-0.25, -0.2) is 24.7 Å². The predicted molar refractivity (Wildman–Crippen MR) is 101 cm³/mol. The van der Waals surface area contributed by atoms with E-state index >= 15 is 0 Å². The molecule has 0 bridgehead atoms. The van der Waals surface area contributed by atoms with Gasteiger partial charge in [-0.1, -0.05) is 18.2 Å². The van der Waals surface area contributed by atoms with Crippen LogP contribution < -0.4 is 5.73 Å². The number of aryl methyl sites for hydroxylation is 2. The summed E-state index contributed by atoms with van der Waals surface area (Å²) < 4.78 is 12.8. The number of fused-ring (bicyclic) bond motifs is 1. The van der Waals surface area contributed by atoms with Crippen LogP contribution in [-0.4, -0.2) is 37.1 Å². The lowest BCUT2D eigenvalue weighted by atomic mass is 10.2. The number of oxazole rings is 1. The molecule has 2 N–H and O–H groups in total. The monoisotopic (exact) mass is 378 g/mol. The SMILES string of the molecule is Cc1oc(-c2ccccc2)nc1C(=O)OCCCn1cnc2c(N)ncnc21. The molecule has 4 aromatic rings. The highest BCUT2D eigenvalue weighted by Gasteiger charge is 2.19. The summed E-state index contributed by atoms with van der Waals surface area (Å²) in [5.74, 6) is 0.653. The minimum atomic E-state index is -0.509. The van der Waals surface area contributed by atoms with Crippen LogP contribution in [0, 0.1) is 6.92 Å². The first-order valence-corrected chi connectivity index (χ1v) is 8.75. The molecule has 0 unspecified atom stereocenters. The summed E-state index contributed by atoms with van der Waals surface area (Å²) in [5, 5.41) is 0. The number of benzene rings is 1. The van der Waals surface area contributed by atoms with Gasteiger partial charge < -0.3 is 19.5 Å². The van der Waals surface area contributed by atoms with Crippen LogP contribution >= 0.6 is 0 Å². The topological polar surface area (TPSA) is 122 Å². The molecular weight excluding hydrogens is 360 g/mol. The maximum Gasteiger partial charge on any atom is 0.360 e. The first kappa shape index (κ1) is 17.7. The Kier molecular flexibility index (Phi) is 4.71. The minimum Gasteiger partial charge on any atom is -0.461 e. The van der Waals surface area contributed by atoms with Crippen molar-refractivity contribution in [2.24, 2.45) is 0 Å². The van der Waals surface area contributed by atoms with Crippen molar-refractivity contribution in [2.75, 3.05) is 12.3 Å². The van der Waals surface area contributed by atoms with Crippen molar-refractivity contribution in [3.8, 4) is 11.5 Å². The Morgan fingerprint density at radius 2 is 2.04 bits per heavy atom. The van der Waals surface area contributed by atoms with Gasteiger partial charge in [-0.2, -0.15) is 0 Å². The number of hydrogen-bond acceptors (Lipinski definition) is 8. The van der Waals surface area contributed by atoms with Crippen LogP contribution in [0.4, 0.5) is 5.82 Å². The Balaban J connectivity index is 1.36. The van der Waals surface area contributed by atoms with Crippen molar-refractivity contribution in [1.29, 1.82) is 0 Å². The van der Waals surface area contributed by atoms with E-state index in [1.165, 1.54) is 6.33 Å². The molecule has 28 heavy (non-hydrogen) atoms. The summed E-state index contributed by atoms with van der Waals surface area (Å²) in [6, 6.07) is 9.40. The number of carbonyl (C=O) groups is 1. The number of nitrogens with two attached hydrogens (primary N) is 1. The molecule has 3 heterocycles. The summed E-state index contributed by atoms with van der Waals surface area (Å²) in [6.45, 7) is 2.50. The molecule has 0 aliphatic rings. The van der Waals surface area contributed by atoms with Gasteiger partial charge in [-0.15, -0.1) is 0 Å². The minimum absolute atomic E-state index is 0.187. The van der Waals surface area contributed by atoms with Crippen molar-refractivity contribution >= 4 is 23.0 Å². The molecule has 0 amide bonds. The van der Waals surface area contributed by atoms with Gasteiger partial charge >= 0.3 is 5.97 Å². The molecule has 1 aromatic carbocycles. The molecule has 9 heteroatoms. The quantitative estimate of drug-likeness (QED) is 0.401. The maximum absolute atomic E-state index is 12.3. The summed E-state index contributed by atoms with van der Waals surface area (Å²) in [6.07, 6.45) is 3.63. The normalized spacial score (nSPS) is 11.0. The van der Waals surface area contributed by atoms with Gasteiger partial charge in [-0.05, 0) is 25.5 Å². The van der Waals surface area contributed by atoms with Crippen molar-refractivity contribution in [2.45, 2.75) is 19.9 Å². The first-order valence-electron chi connectivity index (χ1n) is 8.75. The number of imidazole rings is 1. The Bertz CT molecular complexity index is 1120. The summed E-state index contributed by atoms with van der Waals surface area (Å²) in [5.41, 5.74) is 7.98. The molecular formula is C19H18N6O3. The van der Waals surface area contributed by atoms with Gasteiger partial charge in [0, 0.05) is 12.1 Å². The van der Waals surface area contributed by atoms with Crippen molar-refractivity contribution in [3.63, 3.8) is 0 Å². The van der Waals surface area contributed by atoms with Crippen LogP contribution in [0.2, 0.25) is 0 Å². The number of anilines is 1. The molecule has 3 aromatic heterocycles. The van der Waals surface area contributed by atoms with Crippen LogP contribution in [0.25, 0.3) is 22.6 Å². The van der Waals surface area contributed by atoms with Gasteiger partial charge in [0.2, 0.25) is 5.89 Å². The number of rotatable bonds is 6. The van der Waals surface area contributed by atoms with Gasteiger partial charge in [0.1, 0.15) is 17.6 Å². The number of esters is 1. The number of hydrogen-bond donors (Lipinski definition) is 1. The van der Waals surface area contributed by atoms with Gasteiger partial charge in [0.25, 0.3) is 0 Å². The third-order valence-electron chi connectivity index (χ3n) is 4.22. The Morgan fingerprint density at radius 3 is 2.86 bits per heavy atom. The zero-order chi connectivity index (χ0) is 19.5. The highest BCUT2D eigenvalue weighted by Crippen LogP contribution is 2.22. The van der Waals surface area contributed by atoms with E-state index in [-0.39, 0.29) is 12.3 Å². The molecule has 4 rings (SSSR count). The average molecular weight is 378 g/mol. The van der Waals surface area contributed by atoms with Crippen LogP contribution in [0.5, 0.6) is 0 Å². The fraction of sp³-hybridized carbons (Fsp3) is 0.211. The van der Waals surface area contributed by atoms with Crippen molar-refractivity contribution < 1.29 is 13.9 Å². The van der Waals surface area contributed by atoms with Crippen LogP contribution in [0.1, 0.15) is 22.7 Å². The lowest BCUT2D eigenvalue weighted by Gasteiger charge is -2.05. The average Bonchev–Trinajstić information content (AvgIpc) is 3.30. The van der Waals surface area contributed by atoms with Crippen molar-refractivity contribution in [1.82, 2.24) is 24.5 Å². The molecule has 0 aliphatic heterocycles. The fourth-order valence-corrected chi connectivity index (χ4v) is 2.82. The molecule has 0 saturated carbocycles. The Hall–Kier alpha value is -3.75. The Labute approximate surface area is 160 Å². The van der Waals surface area contributed by atoms with Gasteiger partial charge in [0.05, 0.1) is 12.9 Å². The van der Waals surface area contributed by atoms with E-state index in [1.54, 1.807) is 13.3 Å². The number of ether oxygens (including phenoxy) is 1. The molecule has 0 spiro atoms. The van der Waals surface area contributed by atoms with Gasteiger partial charge in [-0.3, -0.25) is 0 Å². The number of carbonyl (C=O) groups excluding carboxylic acids is 1. The lowest BCUT2D eigenvalue weighted by Crippen LogP contribution is -2.10. The lowest BCUT2D eigenvalue weighted by molar-refractivity contribution is 0.0488. The third-order valence-corrected chi connectivity index (χ3v) is 4.22. The summed E-state index contributed by atoms with van der Waals surface area (Å²) in [7, 11) is 0. The Morgan fingerprint density at radius 1 is 1.21 bits per heavy atom. The smallest absolute Gasteiger partial charge is 0.360 e. The van der Waals surface area contributed by atoms with E-state index in [0.29, 0.717) is 41.6 Å². The maximum atomic E-state index is 12.3. The molecule has 9 nitrogen and oxygen atoms in total. The molecule has 0 saturated heterocycles. The van der Waals surface area contributed by atoms with Gasteiger partial charge in [0.15, 0.2) is 17.2 Å². The van der Waals surface area contributed by atoms with E-state index in [4.69, 9.17) is 14.9 Å². The summed E-state index contributed by atoms with van der Waals surface area (Å²) in [4.78, 5) is 28.9. The second-order valence-corrected chi connectivity index (χ2v) is 6.15. The highest BCUT2D eigenvalue weighted by molar-refractivity contribution is 5.88. The predicted octanol–water partition coefficient (Wildman–Crippen LogP) is 2.62. The largest absolute Gasteiger partial charge is 0.461 e. The molecule has 0 radical (unpaired) electrons. The van der Waals surface area contributed by atoms with E-state index in [2.05, 4.69) is 19.9 Å². The van der Waals surface area contributed by atoms with Crippen LogP contribution in [-0.2, 0) is 11.3 Å². The zero-order valence-corrected chi connectivity index (χ0v) is 15.2. The summed E-state index contributed by atoms with van der Waals surface area (Å²) >= 11 is 0. The second-order valence-electron chi connectivity index (χ2n) is 6.15. The third kappa shape index (κ3) is 3.41. The van der Waals surface area contributed by atoms with Crippen molar-refractivity contribution in [3.05, 3.63) is 54.4 Å². The number of nitrogen functional groups attached to an aromatic ring is 1. The van der Waals surface area contributed by atoms with Crippen LogP contribution in [0.15, 0.2) is 47.4 Å². The number of nitrogens with zero attached hydrogens (tertiary/aromatic N) is 5. The fourth-order valence-electron chi connectivity index (χ4n) is 2.82. The van der Waals surface area contributed by atoms with E-state index in [9.17, 15) is 4.79 Å². The molecule has 0 fully saturated rings. The van der Waals surface area contributed by atoms with E-state index in [0.717, 1.165) is 5.56 Å². The van der Waals surface area contributed by atoms with Crippen LogP contribution in [0.3, 0.4) is 0 Å². The first-order chi connectivity index (χ1) is 13.6. The molecule has 0 aliphatic carbocycles. The van der Waals surface area contributed by atoms with E-state index < -0.39 is 5.97 Å². The number of aromatic nitrogens is 5. The molecule has 142 valence electrons. The molecule has 0 atom stereocenters. The highest BCUT2D eigenvalue weighted by atomic mass is 16.5. The standard InChI is InChI=1S/C19H18N6O3/c1-12-14(24-18(28-12)13-6-3-2-4-7-13)19(26)27-9-5-8-25-11-23-15-16(20)21-10-22-17(15)25/h2-4,6-7,10-11H,5,8-9H2,1H3,(H2,20,21,22).